The average molecular weight is 625 g/mol. The van der Waals surface area contributed by atoms with E-state index in [4.69, 9.17) is 14.2 Å². The predicted octanol–water partition coefficient (Wildman–Crippen LogP) is 3.91. The first-order chi connectivity index (χ1) is 21.0. The third-order valence-corrected chi connectivity index (χ3v) is 9.57. The van der Waals surface area contributed by atoms with E-state index < -0.39 is 28.2 Å². The molecule has 3 atom stereocenters. The number of aryl methyl sites for hydroxylation is 1. The van der Waals surface area contributed by atoms with Crippen LogP contribution in [0.15, 0.2) is 65.6 Å². The van der Waals surface area contributed by atoms with Crippen LogP contribution >= 0.6 is 0 Å². The maximum atomic E-state index is 13.7. The summed E-state index contributed by atoms with van der Waals surface area (Å²) in [6.45, 7) is 5.47. The van der Waals surface area contributed by atoms with Crippen molar-refractivity contribution in [1.29, 1.82) is 0 Å². The lowest BCUT2D eigenvalue weighted by atomic mass is 9.99. The Hall–Kier alpha value is -4.33. The van der Waals surface area contributed by atoms with Crippen molar-refractivity contribution < 1.29 is 37.3 Å². The molecular weight excluding hydrogens is 588 g/mol. The van der Waals surface area contributed by atoms with E-state index in [1.165, 1.54) is 11.4 Å². The highest BCUT2D eigenvalue weighted by atomic mass is 32.2. The molecule has 0 aliphatic carbocycles. The van der Waals surface area contributed by atoms with Crippen LogP contribution < -0.4 is 24.8 Å². The molecule has 2 aliphatic heterocycles. The quantitative estimate of drug-likeness (QED) is 0.342. The number of fused-ring (bicyclic) bond motifs is 2. The maximum Gasteiger partial charge on any atom is 0.323 e. The third kappa shape index (κ3) is 6.44. The van der Waals surface area contributed by atoms with Gasteiger partial charge in [0, 0.05) is 31.3 Å². The lowest BCUT2D eigenvalue weighted by Crippen LogP contribution is -2.50. The summed E-state index contributed by atoms with van der Waals surface area (Å²) in [5.74, 6) is 0.440. The van der Waals surface area contributed by atoms with Crippen LogP contribution in [0.25, 0.3) is 0 Å². The molecule has 0 bridgehead atoms. The maximum absolute atomic E-state index is 13.7. The van der Waals surface area contributed by atoms with Gasteiger partial charge in [0.2, 0.25) is 16.8 Å². The number of aliphatic hydroxyl groups excluding tert-OH is 1. The van der Waals surface area contributed by atoms with Gasteiger partial charge < -0.3 is 34.9 Å². The van der Waals surface area contributed by atoms with E-state index in [9.17, 15) is 23.1 Å². The summed E-state index contributed by atoms with van der Waals surface area (Å²) >= 11 is 0. The molecular formula is C31H36N4O8S. The van der Waals surface area contributed by atoms with Crippen molar-refractivity contribution in [2.75, 3.05) is 44.2 Å². The van der Waals surface area contributed by atoms with Crippen molar-refractivity contribution in [1.82, 2.24) is 9.21 Å². The van der Waals surface area contributed by atoms with Crippen molar-refractivity contribution in [2.24, 2.45) is 5.92 Å². The van der Waals surface area contributed by atoms with Crippen molar-refractivity contribution in [3.8, 4) is 17.2 Å². The van der Waals surface area contributed by atoms with Gasteiger partial charge in [0.25, 0.3) is 5.91 Å². The minimum atomic E-state index is -3.86. The van der Waals surface area contributed by atoms with Gasteiger partial charge in [-0.1, -0.05) is 30.7 Å². The molecule has 0 aromatic heterocycles. The fraction of sp³-hybridized carbons (Fsp3) is 0.355. The normalized spacial score (nSPS) is 18.6. The van der Waals surface area contributed by atoms with Crippen LogP contribution in [0, 0.1) is 12.8 Å². The van der Waals surface area contributed by atoms with Crippen LogP contribution in [0.2, 0.25) is 0 Å². The number of likely N-dealkylation sites (N-methyl/N-ethyl adjacent to an activating group) is 1. The lowest BCUT2D eigenvalue weighted by molar-refractivity contribution is 0.0389. The Kier molecular flexibility index (Phi) is 9.00. The zero-order valence-corrected chi connectivity index (χ0v) is 25.8. The number of benzene rings is 3. The average Bonchev–Trinajstić information content (AvgIpc) is 3.47. The molecule has 0 saturated carbocycles. The van der Waals surface area contributed by atoms with Gasteiger partial charge in [-0.15, -0.1) is 0 Å². The molecule has 44 heavy (non-hydrogen) atoms. The number of ether oxygens (including phenoxy) is 3. The number of para-hydroxylation sites is 1. The number of hydrogen-bond donors (Lipinski definition) is 3. The molecule has 0 unspecified atom stereocenters. The van der Waals surface area contributed by atoms with E-state index >= 15 is 0 Å². The van der Waals surface area contributed by atoms with Crippen LogP contribution in [0.1, 0.15) is 29.8 Å². The molecule has 12 nitrogen and oxygen atoms in total. The van der Waals surface area contributed by atoms with Crippen LogP contribution in [0.3, 0.4) is 0 Å². The Labute approximate surface area is 256 Å². The van der Waals surface area contributed by atoms with Crippen LogP contribution in [0.4, 0.5) is 16.2 Å². The second kappa shape index (κ2) is 12.7. The number of sulfonamides is 1. The standard InChI is InChI=1S/C31H36N4O8S/c1-19-8-11-23(12-9-19)44(39,40)34(4)16-28-20(2)15-35(21(3)17-36)30(37)24-6-5-7-25(29(24)43-28)33-31(38)32-22-10-13-26-27(14-22)42-18-41-26/h5-14,20-21,28,36H,15-18H2,1-4H3,(H2,32,33,38)/t20-,21+,28+/m1/s1. The smallest absolute Gasteiger partial charge is 0.323 e. The number of urea groups is 1. The number of nitrogens with zero attached hydrogens (tertiary/aromatic N) is 2. The molecule has 0 radical (unpaired) electrons. The molecule has 2 heterocycles. The van der Waals surface area contributed by atoms with E-state index in [0.717, 1.165) is 5.56 Å². The summed E-state index contributed by atoms with van der Waals surface area (Å²) in [4.78, 5) is 28.5. The fourth-order valence-corrected chi connectivity index (χ4v) is 6.24. The summed E-state index contributed by atoms with van der Waals surface area (Å²) in [6.07, 6.45) is -0.722. The molecule has 3 aromatic rings. The number of carbonyl (C=O) groups is 2. The number of aliphatic hydroxyl groups is 1. The van der Waals surface area contributed by atoms with Gasteiger partial charge >= 0.3 is 6.03 Å². The minimum absolute atomic E-state index is 0.0376. The second-order valence-corrected chi connectivity index (χ2v) is 13.1. The molecule has 0 saturated heterocycles. The highest BCUT2D eigenvalue weighted by Gasteiger charge is 2.36. The van der Waals surface area contributed by atoms with Crippen LogP contribution in [-0.2, 0) is 10.0 Å². The fourth-order valence-electron chi connectivity index (χ4n) is 5.06. The van der Waals surface area contributed by atoms with Crippen LogP contribution in [0.5, 0.6) is 17.2 Å². The molecule has 3 aromatic carbocycles. The highest BCUT2D eigenvalue weighted by Crippen LogP contribution is 2.36. The van der Waals surface area contributed by atoms with Gasteiger partial charge in [0.1, 0.15) is 6.10 Å². The summed E-state index contributed by atoms with van der Waals surface area (Å²) in [7, 11) is -2.38. The SMILES string of the molecule is Cc1ccc(S(=O)(=O)N(C)C[C@@H]2Oc3c(NC(=O)Nc4ccc5c(c4)OCO5)cccc3C(=O)N([C@@H](C)CO)C[C@H]2C)cc1. The molecule has 0 fully saturated rings. The van der Waals surface area contributed by atoms with Gasteiger partial charge in [0.15, 0.2) is 17.2 Å². The number of anilines is 2. The molecule has 234 valence electrons. The van der Waals surface area contributed by atoms with E-state index in [1.54, 1.807) is 72.5 Å². The Morgan fingerprint density at radius 3 is 2.55 bits per heavy atom. The Bertz CT molecular complexity index is 1650. The number of rotatable bonds is 8. The topological polar surface area (TPSA) is 147 Å². The highest BCUT2D eigenvalue weighted by molar-refractivity contribution is 7.89. The third-order valence-electron chi connectivity index (χ3n) is 7.74. The van der Waals surface area contributed by atoms with Gasteiger partial charge in [-0.2, -0.15) is 4.31 Å². The molecule has 13 heteroatoms. The summed E-state index contributed by atoms with van der Waals surface area (Å²) in [6, 6.07) is 15.2. The van der Waals surface area contributed by atoms with Gasteiger partial charge in [-0.3, -0.25) is 4.79 Å². The molecule has 0 spiro atoms. The van der Waals surface area contributed by atoms with E-state index in [0.29, 0.717) is 17.2 Å². The van der Waals surface area contributed by atoms with Gasteiger partial charge in [-0.25, -0.2) is 13.2 Å². The van der Waals surface area contributed by atoms with Crippen molar-refractivity contribution in [3.63, 3.8) is 0 Å². The summed E-state index contributed by atoms with van der Waals surface area (Å²) in [5.41, 5.74) is 1.78. The van der Waals surface area contributed by atoms with E-state index in [1.807, 2.05) is 13.8 Å². The second-order valence-electron chi connectivity index (χ2n) is 11.1. The number of amides is 3. The van der Waals surface area contributed by atoms with Crippen molar-refractivity contribution >= 4 is 33.3 Å². The first-order valence-electron chi connectivity index (χ1n) is 14.2. The minimum Gasteiger partial charge on any atom is -0.486 e. The molecule has 3 N–H and O–H groups in total. The Morgan fingerprint density at radius 1 is 1.09 bits per heavy atom. The number of carbonyl (C=O) groups excluding carboxylic acids is 2. The lowest BCUT2D eigenvalue weighted by Gasteiger charge is -2.38. The first kappa shape index (κ1) is 31.1. The molecule has 3 amide bonds. The van der Waals surface area contributed by atoms with Crippen molar-refractivity contribution in [3.05, 3.63) is 71.8 Å². The van der Waals surface area contributed by atoms with E-state index in [-0.39, 0.29) is 60.2 Å². The van der Waals surface area contributed by atoms with Gasteiger partial charge in [0.05, 0.1) is 35.3 Å². The van der Waals surface area contributed by atoms with Crippen molar-refractivity contribution in [2.45, 2.75) is 37.8 Å². The number of hydrogen-bond acceptors (Lipinski definition) is 8. The summed E-state index contributed by atoms with van der Waals surface area (Å²) < 4.78 is 45.3. The first-order valence-corrected chi connectivity index (χ1v) is 15.6. The monoisotopic (exact) mass is 624 g/mol. The zero-order chi connectivity index (χ0) is 31.6. The number of nitrogens with one attached hydrogen (secondary N) is 2. The molecule has 2 aliphatic rings. The Morgan fingerprint density at radius 2 is 1.82 bits per heavy atom. The Balaban J connectivity index is 1.45. The largest absolute Gasteiger partial charge is 0.486 e. The van der Waals surface area contributed by atoms with Gasteiger partial charge in [-0.05, 0) is 50.2 Å². The summed E-state index contributed by atoms with van der Waals surface area (Å²) in [5, 5.41) is 15.4. The predicted molar refractivity (Wildman–Crippen MR) is 164 cm³/mol. The van der Waals surface area contributed by atoms with Crippen LogP contribution in [-0.4, -0.2) is 80.4 Å². The van der Waals surface area contributed by atoms with E-state index in [2.05, 4.69) is 10.6 Å². The zero-order valence-electron chi connectivity index (χ0n) is 24.9. The molecule has 5 rings (SSSR count).